The van der Waals surface area contributed by atoms with E-state index in [0.29, 0.717) is 0 Å². The second kappa shape index (κ2) is 7.15. The van der Waals surface area contributed by atoms with Crippen LogP contribution in [0.5, 0.6) is 0 Å². The summed E-state index contributed by atoms with van der Waals surface area (Å²) in [6.45, 7) is 6.99. The molecule has 2 rings (SSSR count). The minimum absolute atomic E-state index is 0.990. The first-order chi connectivity index (χ1) is 8.78. The Kier molecular flexibility index (Phi) is 5.51. The third-order valence-electron chi connectivity index (χ3n) is 3.35. The lowest BCUT2D eigenvalue weighted by Crippen LogP contribution is -2.31. The van der Waals surface area contributed by atoms with Crippen LogP contribution in [0.4, 0.5) is 5.69 Å². The van der Waals surface area contributed by atoms with Crippen molar-refractivity contribution in [3.05, 3.63) is 28.7 Å². The van der Waals surface area contributed by atoms with Crippen LogP contribution in [-0.2, 0) is 0 Å². The molecular weight excluding hydrogens is 288 g/mol. The maximum atomic E-state index is 3.49. The molecule has 1 aliphatic carbocycles. The normalized spacial score (nSPS) is 15.1. The molecule has 0 amide bonds. The summed E-state index contributed by atoms with van der Waals surface area (Å²) in [7, 11) is 0. The highest BCUT2D eigenvalue weighted by Gasteiger charge is 2.23. The minimum atomic E-state index is 0.990. The van der Waals surface area contributed by atoms with Crippen LogP contribution in [0.15, 0.2) is 28.7 Å². The summed E-state index contributed by atoms with van der Waals surface area (Å²) in [5.41, 5.74) is 1.21. The molecule has 0 atom stereocenters. The van der Waals surface area contributed by atoms with E-state index in [1.807, 2.05) is 0 Å². The quantitative estimate of drug-likeness (QED) is 0.781. The number of benzene rings is 1. The molecule has 1 aliphatic rings. The summed E-state index contributed by atoms with van der Waals surface area (Å²) in [6, 6.07) is 8.40. The number of anilines is 1. The Morgan fingerprint density at radius 3 is 2.56 bits per heavy atom. The fourth-order valence-electron chi connectivity index (χ4n) is 2.20. The largest absolute Gasteiger partial charge is 0.384 e. The van der Waals surface area contributed by atoms with E-state index < -0.39 is 0 Å². The van der Waals surface area contributed by atoms with Crippen LogP contribution in [0.25, 0.3) is 0 Å². The van der Waals surface area contributed by atoms with Crippen LogP contribution < -0.4 is 5.32 Å². The van der Waals surface area contributed by atoms with Crippen LogP contribution in [0.1, 0.15) is 26.2 Å². The smallest absolute Gasteiger partial charge is 0.0341 e. The Labute approximate surface area is 119 Å². The number of halogens is 1. The SMILES string of the molecule is CCCN(CCNc1ccc(Br)cc1)CC1CC1. The van der Waals surface area contributed by atoms with Crippen molar-refractivity contribution in [2.24, 2.45) is 5.92 Å². The van der Waals surface area contributed by atoms with Gasteiger partial charge in [0, 0.05) is 29.8 Å². The van der Waals surface area contributed by atoms with Gasteiger partial charge in [-0.3, -0.25) is 0 Å². The number of hydrogen-bond donors (Lipinski definition) is 1. The van der Waals surface area contributed by atoms with Gasteiger partial charge in [0.25, 0.3) is 0 Å². The van der Waals surface area contributed by atoms with Crippen LogP contribution in [0, 0.1) is 5.92 Å². The van der Waals surface area contributed by atoms with Gasteiger partial charge in [-0.15, -0.1) is 0 Å². The predicted octanol–water partition coefficient (Wildman–Crippen LogP) is 3.98. The zero-order valence-corrected chi connectivity index (χ0v) is 12.7. The zero-order chi connectivity index (χ0) is 12.8. The summed E-state index contributed by atoms with van der Waals surface area (Å²) in [6.07, 6.45) is 4.14. The molecule has 0 radical (unpaired) electrons. The monoisotopic (exact) mass is 310 g/mol. The van der Waals surface area contributed by atoms with Gasteiger partial charge < -0.3 is 10.2 Å². The van der Waals surface area contributed by atoms with E-state index in [0.717, 1.165) is 23.5 Å². The Morgan fingerprint density at radius 2 is 1.94 bits per heavy atom. The van der Waals surface area contributed by atoms with Gasteiger partial charge in [0.05, 0.1) is 0 Å². The van der Waals surface area contributed by atoms with Gasteiger partial charge in [-0.05, 0) is 56.0 Å². The highest BCUT2D eigenvalue weighted by atomic mass is 79.9. The molecule has 1 N–H and O–H groups in total. The van der Waals surface area contributed by atoms with E-state index in [-0.39, 0.29) is 0 Å². The molecule has 1 aromatic carbocycles. The van der Waals surface area contributed by atoms with Gasteiger partial charge in [-0.2, -0.15) is 0 Å². The molecule has 1 aromatic rings. The molecule has 3 heteroatoms. The molecule has 0 heterocycles. The Bertz CT molecular complexity index is 346. The average Bonchev–Trinajstić information content (AvgIpc) is 3.16. The summed E-state index contributed by atoms with van der Waals surface area (Å²) >= 11 is 3.46. The van der Waals surface area contributed by atoms with Gasteiger partial charge in [-0.1, -0.05) is 22.9 Å². The lowest BCUT2D eigenvalue weighted by molar-refractivity contribution is 0.273. The molecule has 2 nitrogen and oxygen atoms in total. The molecule has 0 spiro atoms. The van der Waals surface area contributed by atoms with E-state index in [1.165, 1.54) is 38.0 Å². The highest BCUT2D eigenvalue weighted by molar-refractivity contribution is 9.10. The number of rotatable bonds is 8. The van der Waals surface area contributed by atoms with E-state index in [2.05, 4.69) is 57.3 Å². The topological polar surface area (TPSA) is 15.3 Å². The lowest BCUT2D eigenvalue weighted by atomic mass is 10.3. The standard InChI is InChI=1S/C15H23BrN2/c1-2-10-18(12-13-3-4-13)11-9-17-15-7-5-14(16)6-8-15/h5-8,13,17H,2-4,9-12H2,1H3. The lowest BCUT2D eigenvalue weighted by Gasteiger charge is -2.21. The van der Waals surface area contributed by atoms with Crippen molar-refractivity contribution in [2.75, 3.05) is 31.5 Å². The fraction of sp³-hybridized carbons (Fsp3) is 0.600. The molecule has 0 aromatic heterocycles. The molecule has 18 heavy (non-hydrogen) atoms. The van der Waals surface area contributed by atoms with Gasteiger partial charge in [-0.25, -0.2) is 0 Å². The molecule has 0 bridgehead atoms. The van der Waals surface area contributed by atoms with Gasteiger partial charge in [0.1, 0.15) is 0 Å². The van der Waals surface area contributed by atoms with E-state index >= 15 is 0 Å². The molecule has 0 saturated heterocycles. The first-order valence-electron chi connectivity index (χ1n) is 6.99. The van der Waals surface area contributed by atoms with E-state index in [1.54, 1.807) is 0 Å². The molecule has 0 unspecified atom stereocenters. The van der Waals surface area contributed by atoms with Crippen molar-refractivity contribution >= 4 is 21.6 Å². The second-order valence-corrected chi connectivity index (χ2v) is 6.09. The Hall–Kier alpha value is -0.540. The molecule has 100 valence electrons. The maximum absolute atomic E-state index is 3.49. The van der Waals surface area contributed by atoms with Gasteiger partial charge in [0.15, 0.2) is 0 Å². The van der Waals surface area contributed by atoms with Crippen molar-refractivity contribution in [3.8, 4) is 0 Å². The minimum Gasteiger partial charge on any atom is -0.384 e. The van der Waals surface area contributed by atoms with Gasteiger partial charge >= 0.3 is 0 Å². The Balaban J connectivity index is 1.69. The predicted molar refractivity (Wildman–Crippen MR) is 82.1 cm³/mol. The van der Waals surface area contributed by atoms with Crippen molar-refractivity contribution in [2.45, 2.75) is 26.2 Å². The fourth-order valence-corrected chi connectivity index (χ4v) is 2.47. The number of nitrogens with one attached hydrogen (secondary N) is 1. The second-order valence-electron chi connectivity index (χ2n) is 5.18. The Morgan fingerprint density at radius 1 is 1.22 bits per heavy atom. The van der Waals surface area contributed by atoms with Crippen molar-refractivity contribution < 1.29 is 0 Å². The highest BCUT2D eigenvalue weighted by Crippen LogP contribution is 2.29. The van der Waals surface area contributed by atoms with Crippen molar-refractivity contribution in [3.63, 3.8) is 0 Å². The summed E-state index contributed by atoms with van der Waals surface area (Å²) in [5, 5.41) is 3.49. The maximum Gasteiger partial charge on any atom is 0.0341 e. The van der Waals surface area contributed by atoms with Crippen LogP contribution in [-0.4, -0.2) is 31.1 Å². The number of hydrogen-bond acceptors (Lipinski definition) is 2. The van der Waals surface area contributed by atoms with Gasteiger partial charge in [0.2, 0.25) is 0 Å². The third-order valence-corrected chi connectivity index (χ3v) is 3.88. The first kappa shape index (κ1) is 13.9. The van der Waals surface area contributed by atoms with E-state index in [9.17, 15) is 0 Å². The van der Waals surface area contributed by atoms with Crippen molar-refractivity contribution in [1.82, 2.24) is 4.90 Å². The first-order valence-corrected chi connectivity index (χ1v) is 7.79. The molecule has 1 fully saturated rings. The van der Waals surface area contributed by atoms with Crippen LogP contribution >= 0.6 is 15.9 Å². The van der Waals surface area contributed by atoms with Crippen molar-refractivity contribution in [1.29, 1.82) is 0 Å². The molecule has 1 saturated carbocycles. The van der Waals surface area contributed by atoms with E-state index in [4.69, 9.17) is 0 Å². The zero-order valence-electron chi connectivity index (χ0n) is 11.2. The molecular formula is C15H23BrN2. The third kappa shape index (κ3) is 4.99. The average molecular weight is 311 g/mol. The summed E-state index contributed by atoms with van der Waals surface area (Å²) in [4.78, 5) is 2.60. The summed E-state index contributed by atoms with van der Waals surface area (Å²) in [5.74, 6) is 0.990. The number of nitrogens with zero attached hydrogens (tertiary/aromatic N) is 1. The molecule has 0 aliphatic heterocycles. The van der Waals surface area contributed by atoms with Crippen LogP contribution in [0.3, 0.4) is 0 Å². The van der Waals surface area contributed by atoms with Crippen LogP contribution in [0.2, 0.25) is 0 Å². The summed E-state index contributed by atoms with van der Waals surface area (Å²) < 4.78 is 1.13.